The van der Waals surface area contributed by atoms with Crippen molar-refractivity contribution in [3.63, 3.8) is 0 Å². The highest BCUT2D eigenvalue weighted by Gasteiger charge is 2.31. The minimum absolute atomic E-state index is 0.0285. The van der Waals surface area contributed by atoms with Gasteiger partial charge in [-0.2, -0.15) is 0 Å². The first-order chi connectivity index (χ1) is 12.7. The molecule has 9 heteroatoms. The number of rotatable bonds is 4. The lowest BCUT2D eigenvalue weighted by molar-refractivity contribution is -0.660. The number of aromatic amines is 1. The van der Waals surface area contributed by atoms with Gasteiger partial charge in [0.25, 0.3) is 0 Å². The smallest absolute Gasteiger partial charge is 0.441 e. The zero-order valence-corrected chi connectivity index (χ0v) is 14.2. The van der Waals surface area contributed by atoms with Gasteiger partial charge in [0.1, 0.15) is 5.75 Å². The van der Waals surface area contributed by atoms with E-state index in [1.807, 2.05) is 0 Å². The van der Waals surface area contributed by atoms with E-state index in [-0.39, 0.29) is 17.5 Å². The van der Waals surface area contributed by atoms with Crippen LogP contribution in [-0.2, 0) is 0 Å². The molecule has 130 valence electrons. The molecule has 0 aliphatic carbocycles. The molecule has 0 fully saturated rings. The number of benzene rings is 2. The molecular formula is C17H12ClN4O4+. The first kappa shape index (κ1) is 16.1. The Morgan fingerprint density at radius 1 is 1.04 bits per heavy atom. The van der Waals surface area contributed by atoms with Crippen LogP contribution in [0.1, 0.15) is 0 Å². The van der Waals surface area contributed by atoms with E-state index in [9.17, 15) is 4.79 Å². The Kier molecular flexibility index (Phi) is 4.02. The largest absolute Gasteiger partial charge is 0.497 e. The van der Waals surface area contributed by atoms with Gasteiger partial charge < -0.3 is 9.15 Å². The second-order valence-corrected chi connectivity index (χ2v) is 5.72. The van der Waals surface area contributed by atoms with E-state index in [1.54, 1.807) is 55.6 Å². The van der Waals surface area contributed by atoms with Gasteiger partial charge in [0, 0.05) is 22.7 Å². The van der Waals surface area contributed by atoms with Crippen molar-refractivity contribution in [2.75, 3.05) is 7.11 Å². The lowest BCUT2D eigenvalue weighted by Gasteiger charge is -1.97. The summed E-state index contributed by atoms with van der Waals surface area (Å²) in [6.07, 6.45) is 0. The fourth-order valence-corrected chi connectivity index (χ4v) is 2.52. The van der Waals surface area contributed by atoms with Crippen LogP contribution in [0.5, 0.6) is 5.75 Å². The number of halogens is 1. The molecule has 0 saturated carbocycles. The van der Waals surface area contributed by atoms with Crippen LogP contribution in [0.2, 0.25) is 5.02 Å². The molecule has 2 aromatic carbocycles. The second kappa shape index (κ2) is 6.49. The third-order valence-corrected chi connectivity index (χ3v) is 3.95. The molecule has 0 aliphatic heterocycles. The maximum absolute atomic E-state index is 12.1. The van der Waals surface area contributed by atoms with Crippen molar-refractivity contribution in [1.29, 1.82) is 0 Å². The topological polar surface area (TPSA) is 98.0 Å². The lowest BCUT2D eigenvalue weighted by Crippen LogP contribution is -2.36. The van der Waals surface area contributed by atoms with Crippen LogP contribution < -0.4 is 15.0 Å². The van der Waals surface area contributed by atoms with Gasteiger partial charge in [-0.05, 0) is 46.4 Å². The van der Waals surface area contributed by atoms with Gasteiger partial charge in [-0.3, -0.25) is 4.52 Å². The minimum atomic E-state index is -0.632. The van der Waals surface area contributed by atoms with Crippen LogP contribution in [-0.4, -0.2) is 22.6 Å². The molecule has 0 spiro atoms. The summed E-state index contributed by atoms with van der Waals surface area (Å²) < 4.78 is 17.1. The van der Waals surface area contributed by atoms with Crippen molar-refractivity contribution in [3.05, 3.63) is 64.0 Å². The minimum Gasteiger partial charge on any atom is -0.497 e. The first-order valence-corrected chi connectivity index (χ1v) is 7.91. The summed E-state index contributed by atoms with van der Waals surface area (Å²) in [5.74, 6) is 0.976. The van der Waals surface area contributed by atoms with E-state index < -0.39 is 5.63 Å². The summed E-state index contributed by atoms with van der Waals surface area (Å²) in [6.45, 7) is 0. The number of hydrogen-bond donors (Lipinski definition) is 1. The molecule has 2 aromatic heterocycles. The Morgan fingerprint density at radius 2 is 1.73 bits per heavy atom. The Morgan fingerprint density at radius 3 is 2.42 bits per heavy atom. The van der Waals surface area contributed by atoms with Gasteiger partial charge in [-0.15, -0.1) is 10.2 Å². The van der Waals surface area contributed by atoms with Crippen LogP contribution in [0.15, 0.2) is 62.3 Å². The predicted molar refractivity (Wildman–Crippen MR) is 91.2 cm³/mol. The van der Waals surface area contributed by atoms with Crippen molar-refractivity contribution in [2.45, 2.75) is 0 Å². The molecule has 1 N–H and O–H groups in total. The van der Waals surface area contributed by atoms with Gasteiger partial charge in [0.15, 0.2) is 0 Å². The monoisotopic (exact) mass is 371 g/mol. The number of aromatic nitrogens is 4. The number of hydrogen-bond acceptors (Lipinski definition) is 6. The third kappa shape index (κ3) is 2.86. The molecule has 0 atom stereocenters. The van der Waals surface area contributed by atoms with Gasteiger partial charge in [0.05, 0.1) is 7.11 Å². The zero-order valence-electron chi connectivity index (χ0n) is 13.5. The standard InChI is InChI=1S/C17H11ClN4O4/c1-24-13-8-6-12(7-9-13)22-14(17(23)26-21-22)16-20-19-15(25-16)10-2-4-11(18)5-3-10/h2-9H,1H3/p+1. The predicted octanol–water partition coefficient (Wildman–Crippen LogP) is 2.62. The van der Waals surface area contributed by atoms with Crippen molar-refractivity contribution in [3.8, 4) is 34.5 Å². The Labute approximate surface area is 151 Å². The number of nitrogens with one attached hydrogen (secondary N) is 1. The van der Waals surface area contributed by atoms with Crippen LogP contribution >= 0.6 is 11.6 Å². The molecule has 0 radical (unpaired) electrons. The van der Waals surface area contributed by atoms with Crippen molar-refractivity contribution < 1.29 is 18.4 Å². The van der Waals surface area contributed by atoms with Crippen LogP contribution in [0.3, 0.4) is 0 Å². The van der Waals surface area contributed by atoms with E-state index in [1.165, 1.54) is 4.68 Å². The summed E-state index contributed by atoms with van der Waals surface area (Å²) in [5.41, 5.74) is 0.775. The normalized spacial score (nSPS) is 10.8. The Bertz CT molecular complexity index is 1100. The van der Waals surface area contributed by atoms with E-state index in [2.05, 4.69) is 15.5 Å². The van der Waals surface area contributed by atoms with E-state index >= 15 is 0 Å². The summed E-state index contributed by atoms with van der Waals surface area (Å²) in [4.78, 5) is 12.1. The fourth-order valence-electron chi connectivity index (χ4n) is 2.40. The highest BCUT2D eigenvalue weighted by molar-refractivity contribution is 6.30. The van der Waals surface area contributed by atoms with Gasteiger partial charge in [-0.1, -0.05) is 11.6 Å². The molecule has 0 amide bonds. The third-order valence-electron chi connectivity index (χ3n) is 3.70. The summed E-state index contributed by atoms with van der Waals surface area (Å²) in [6, 6.07) is 13.9. The van der Waals surface area contributed by atoms with E-state index in [0.717, 1.165) is 0 Å². The van der Waals surface area contributed by atoms with Crippen LogP contribution in [0.4, 0.5) is 0 Å². The Hall–Kier alpha value is -3.39. The van der Waals surface area contributed by atoms with Gasteiger partial charge in [0.2, 0.25) is 11.6 Å². The van der Waals surface area contributed by atoms with Crippen molar-refractivity contribution in [2.24, 2.45) is 0 Å². The molecule has 0 aliphatic rings. The lowest BCUT2D eigenvalue weighted by atomic mass is 10.2. The summed E-state index contributed by atoms with van der Waals surface area (Å²) in [5, 5.41) is 11.1. The van der Waals surface area contributed by atoms with Crippen LogP contribution in [0, 0.1) is 0 Å². The number of H-pyrrole nitrogens is 1. The second-order valence-electron chi connectivity index (χ2n) is 5.28. The Balaban J connectivity index is 1.76. The van der Waals surface area contributed by atoms with Crippen molar-refractivity contribution in [1.82, 2.24) is 15.5 Å². The molecule has 26 heavy (non-hydrogen) atoms. The van der Waals surface area contributed by atoms with Crippen molar-refractivity contribution >= 4 is 11.6 Å². The van der Waals surface area contributed by atoms with E-state index in [4.69, 9.17) is 25.3 Å². The maximum atomic E-state index is 12.1. The molecular weight excluding hydrogens is 360 g/mol. The van der Waals surface area contributed by atoms with Gasteiger partial charge in [-0.25, -0.2) is 4.79 Å². The molecule has 0 bridgehead atoms. The number of methoxy groups -OCH3 is 1. The highest BCUT2D eigenvalue weighted by Crippen LogP contribution is 2.23. The SMILES string of the molecule is COc1ccc(-[n+]2[nH]oc(=O)c2-c2nnc(-c3ccc(Cl)cc3)o2)cc1. The molecule has 2 heterocycles. The molecule has 0 saturated heterocycles. The first-order valence-electron chi connectivity index (χ1n) is 7.53. The summed E-state index contributed by atoms with van der Waals surface area (Å²) in [7, 11) is 1.57. The fraction of sp³-hybridized carbons (Fsp3) is 0.0588. The molecule has 8 nitrogen and oxygen atoms in total. The molecule has 4 rings (SSSR count). The number of ether oxygens (including phenoxy) is 1. The van der Waals surface area contributed by atoms with E-state index in [0.29, 0.717) is 22.0 Å². The molecule has 4 aromatic rings. The molecule has 0 unspecified atom stereocenters. The highest BCUT2D eigenvalue weighted by atomic mass is 35.5. The van der Waals surface area contributed by atoms with Crippen LogP contribution in [0.25, 0.3) is 28.7 Å². The average Bonchev–Trinajstić information content (AvgIpc) is 3.29. The summed E-state index contributed by atoms with van der Waals surface area (Å²) >= 11 is 5.88. The zero-order chi connectivity index (χ0) is 18.1. The number of nitrogens with zero attached hydrogens (tertiary/aromatic N) is 3. The van der Waals surface area contributed by atoms with Gasteiger partial charge >= 0.3 is 17.2 Å². The average molecular weight is 372 g/mol. The maximum Gasteiger partial charge on any atom is 0.441 e. The quantitative estimate of drug-likeness (QED) is 0.554.